The first-order valence-corrected chi connectivity index (χ1v) is 16.1. The summed E-state index contributed by atoms with van der Waals surface area (Å²) in [6.45, 7) is 10.6. The lowest BCUT2D eigenvalue weighted by atomic mass is 9.53. The zero-order valence-corrected chi connectivity index (χ0v) is 27.7. The number of likely N-dealkylation sites (tertiary alicyclic amines) is 1. The Morgan fingerprint density at radius 3 is 2.33 bits per heavy atom. The maximum atomic E-state index is 14.4. The van der Waals surface area contributed by atoms with Crippen LogP contribution in [-0.2, 0) is 24.5 Å². The zero-order chi connectivity index (χ0) is 34.0. The molecule has 0 bridgehead atoms. The van der Waals surface area contributed by atoms with Crippen molar-refractivity contribution in [3.63, 3.8) is 0 Å². The van der Waals surface area contributed by atoms with Crippen molar-refractivity contribution >= 4 is 23.4 Å². The van der Waals surface area contributed by atoms with Crippen LogP contribution in [0.5, 0.6) is 5.75 Å². The molecule has 1 aromatic carbocycles. The molecule has 252 valence electrons. The molecule has 8 atom stereocenters. The van der Waals surface area contributed by atoms with Crippen molar-refractivity contribution in [1.29, 1.82) is 0 Å². The Morgan fingerprint density at radius 1 is 1.13 bits per heavy atom. The van der Waals surface area contributed by atoms with Crippen molar-refractivity contribution in [1.82, 2.24) is 15.1 Å². The van der Waals surface area contributed by atoms with Crippen LogP contribution in [0.3, 0.4) is 0 Å². The quantitative estimate of drug-likeness (QED) is 0.226. The summed E-state index contributed by atoms with van der Waals surface area (Å²) in [7, 11) is 3.18. The number of rotatable bonds is 6. The summed E-state index contributed by atoms with van der Waals surface area (Å²) in [6.07, 6.45) is -1.14. The maximum absolute atomic E-state index is 14.4. The van der Waals surface area contributed by atoms with Crippen LogP contribution in [0.1, 0.15) is 81.3 Å². The molecular weight excluding hydrogens is 594 g/mol. The molecule has 0 aromatic heterocycles. The van der Waals surface area contributed by atoms with E-state index in [0.29, 0.717) is 11.1 Å². The molecule has 0 spiro atoms. The van der Waals surface area contributed by atoms with Gasteiger partial charge in [-0.05, 0) is 56.9 Å². The fraction of sp³-hybridized carbons (Fsp3) is 0.647. The van der Waals surface area contributed by atoms with E-state index in [1.807, 2.05) is 25.7 Å². The number of phenolic OH excluding ortho intramolecular Hbond substituents is 1. The van der Waals surface area contributed by atoms with Crippen molar-refractivity contribution in [2.75, 3.05) is 33.9 Å². The van der Waals surface area contributed by atoms with Gasteiger partial charge >= 0.3 is 5.97 Å². The Morgan fingerprint density at radius 2 is 1.76 bits per heavy atom. The highest BCUT2D eigenvalue weighted by Gasteiger charge is 2.70. The number of aromatic hydroxyl groups is 1. The van der Waals surface area contributed by atoms with Gasteiger partial charge in [-0.25, -0.2) is 0 Å². The third kappa shape index (κ3) is 5.14. The first-order chi connectivity index (χ1) is 21.5. The van der Waals surface area contributed by atoms with Crippen LogP contribution in [0.25, 0.3) is 0 Å². The number of ketones is 2. The summed E-state index contributed by atoms with van der Waals surface area (Å²) in [5, 5.41) is 50.3. The van der Waals surface area contributed by atoms with E-state index >= 15 is 0 Å². The number of nitrogens with zero attached hydrogens (tertiary/aromatic N) is 2. The highest BCUT2D eigenvalue weighted by molar-refractivity contribution is 6.16. The molecule has 1 aromatic rings. The number of fused-ring (bicyclic) bond motifs is 3. The average Bonchev–Trinajstić information content (AvgIpc) is 3.50. The number of hydrogen-bond donors (Lipinski definition) is 5. The number of amides is 1. The van der Waals surface area contributed by atoms with E-state index < -0.39 is 82.1 Å². The maximum Gasteiger partial charge on any atom is 0.305 e. The van der Waals surface area contributed by atoms with E-state index in [1.165, 1.54) is 4.90 Å². The van der Waals surface area contributed by atoms with Gasteiger partial charge in [0, 0.05) is 29.5 Å². The van der Waals surface area contributed by atoms with Crippen LogP contribution in [-0.4, -0.2) is 111 Å². The fourth-order valence-electron chi connectivity index (χ4n) is 8.15. The molecule has 4 aliphatic rings. The number of benzene rings is 1. The van der Waals surface area contributed by atoms with E-state index in [2.05, 4.69) is 5.32 Å². The number of ether oxygens (including phenoxy) is 1. The summed E-state index contributed by atoms with van der Waals surface area (Å²) < 4.78 is 5.97. The van der Waals surface area contributed by atoms with E-state index in [9.17, 15) is 39.6 Å². The molecule has 3 aliphatic carbocycles. The van der Waals surface area contributed by atoms with Gasteiger partial charge in [-0.2, -0.15) is 0 Å². The highest BCUT2D eigenvalue weighted by atomic mass is 16.5. The van der Waals surface area contributed by atoms with Crippen molar-refractivity contribution in [3.05, 3.63) is 40.2 Å². The normalized spacial score (nSPS) is 33.0. The summed E-state index contributed by atoms with van der Waals surface area (Å²) in [4.78, 5) is 58.8. The average molecular weight is 642 g/mol. The number of aliphatic hydroxyl groups excluding tert-OH is 2. The topological polar surface area (TPSA) is 177 Å². The van der Waals surface area contributed by atoms with Crippen LogP contribution in [0.15, 0.2) is 23.5 Å². The number of Topliss-reactive ketones (excluding diaryl/α,β-unsaturated/α-hetero) is 2. The third-order valence-electron chi connectivity index (χ3n) is 10.5. The van der Waals surface area contributed by atoms with Crippen LogP contribution in [0, 0.1) is 17.8 Å². The van der Waals surface area contributed by atoms with Crippen LogP contribution < -0.4 is 5.32 Å². The second-order valence-corrected chi connectivity index (χ2v) is 14.5. The summed E-state index contributed by atoms with van der Waals surface area (Å²) >= 11 is 0. The molecule has 1 saturated heterocycles. The lowest BCUT2D eigenvalue weighted by Crippen LogP contribution is -2.75. The molecule has 2 unspecified atom stereocenters. The van der Waals surface area contributed by atoms with Crippen molar-refractivity contribution in [3.8, 4) is 5.75 Å². The minimum atomic E-state index is -2.88. The van der Waals surface area contributed by atoms with Crippen LogP contribution in [0.4, 0.5) is 0 Å². The molecule has 0 radical (unpaired) electrons. The summed E-state index contributed by atoms with van der Waals surface area (Å²) in [5.74, 6) is -9.65. The summed E-state index contributed by atoms with van der Waals surface area (Å²) in [6, 6.07) is 2.31. The van der Waals surface area contributed by atoms with Gasteiger partial charge in [-0.15, -0.1) is 0 Å². The number of nitrogens with one attached hydrogen (secondary N) is 1. The number of hydrogen-bond acceptors (Lipinski definition) is 11. The molecular formula is C34H47N3O9. The molecule has 2 fully saturated rings. The van der Waals surface area contributed by atoms with E-state index in [4.69, 9.17) is 4.74 Å². The second kappa shape index (κ2) is 12.0. The minimum Gasteiger partial charge on any atom is -0.508 e. The fourth-order valence-corrected chi connectivity index (χ4v) is 8.15. The van der Waals surface area contributed by atoms with Crippen molar-refractivity contribution in [2.45, 2.75) is 89.1 Å². The lowest BCUT2D eigenvalue weighted by Gasteiger charge is -2.57. The Kier molecular flexibility index (Phi) is 8.91. The number of aliphatic hydroxyl groups is 3. The molecule has 1 aliphatic heterocycles. The third-order valence-corrected chi connectivity index (χ3v) is 10.5. The standard InChI is InChI=1S/C34H47N3O9/c1-8-19(38)46-29-20-16(2)17-11-12-18(33(3,4)5)26(39)21(17)27(40)22(20)30(42)34(45)24(29)25(36(6)7)28(41)23(31(34)43)32(44)35-15-37-13-9-10-14-37/h11-12,16,20,23-25,28-29,39,41-42,45H,8-10,13-15H2,1-7H3,(H,35,44)/t16-,20+,23?,24+,25-,28?,29-,34-/m0/s1. The molecule has 1 heterocycles. The molecule has 46 heavy (non-hydrogen) atoms. The SMILES string of the molecule is CCC(=O)O[C@H]1[C@H]2C(=C(O)[C@]3(O)C(=O)C(C(=O)NCN4CCCC4)C(O)[C@@H](N(C)C)[C@H]13)C(=O)c1c(ccc(C(C)(C)C)c1O)[C@@H]2C. The molecule has 12 nitrogen and oxygen atoms in total. The van der Waals surface area contributed by atoms with Crippen molar-refractivity contribution < 1.29 is 44.3 Å². The largest absolute Gasteiger partial charge is 0.508 e. The Balaban J connectivity index is 1.71. The minimum absolute atomic E-state index is 0.0568. The molecule has 5 N–H and O–H groups in total. The van der Waals surface area contributed by atoms with Gasteiger partial charge in [-0.1, -0.05) is 46.8 Å². The zero-order valence-electron chi connectivity index (χ0n) is 27.7. The van der Waals surface area contributed by atoms with E-state index in [0.717, 1.165) is 25.9 Å². The smallest absolute Gasteiger partial charge is 0.305 e. The van der Waals surface area contributed by atoms with Crippen molar-refractivity contribution in [2.24, 2.45) is 17.8 Å². The Hall–Kier alpha value is -3.32. The number of esters is 1. The number of phenols is 1. The molecule has 5 rings (SSSR count). The molecule has 1 saturated carbocycles. The van der Waals surface area contributed by atoms with Gasteiger partial charge in [0.05, 0.1) is 24.3 Å². The summed E-state index contributed by atoms with van der Waals surface area (Å²) in [5.41, 5.74) is -2.89. The predicted molar refractivity (Wildman–Crippen MR) is 167 cm³/mol. The van der Waals surface area contributed by atoms with Crippen LogP contribution >= 0.6 is 0 Å². The monoisotopic (exact) mass is 641 g/mol. The second-order valence-electron chi connectivity index (χ2n) is 14.5. The van der Waals surface area contributed by atoms with E-state index in [1.54, 1.807) is 40.1 Å². The Labute approximate surface area is 269 Å². The first-order valence-electron chi connectivity index (χ1n) is 16.1. The van der Waals surface area contributed by atoms with Crippen LogP contribution in [0.2, 0.25) is 0 Å². The number of carbonyl (C=O) groups excluding carboxylic acids is 4. The van der Waals surface area contributed by atoms with Gasteiger partial charge < -0.3 is 35.4 Å². The molecule has 1 amide bonds. The van der Waals surface area contributed by atoms with E-state index in [-0.39, 0.29) is 30.0 Å². The predicted octanol–water partition coefficient (Wildman–Crippen LogP) is 1.76. The van der Waals surface area contributed by atoms with Gasteiger partial charge in [0.25, 0.3) is 0 Å². The highest BCUT2D eigenvalue weighted by Crippen LogP contribution is 2.57. The van der Waals surface area contributed by atoms with Gasteiger partial charge in [0.1, 0.15) is 23.5 Å². The van der Waals surface area contributed by atoms with Gasteiger partial charge in [-0.3, -0.25) is 24.1 Å². The first kappa shape index (κ1) is 34.0. The Bertz CT molecular complexity index is 1470. The lowest BCUT2D eigenvalue weighted by molar-refractivity contribution is -0.204. The number of likely N-dealkylation sites (N-methyl/N-ethyl adjacent to an activating group) is 1. The molecule has 12 heteroatoms. The van der Waals surface area contributed by atoms with Gasteiger partial charge in [0.2, 0.25) is 5.91 Å². The van der Waals surface area contributed by atoms with Gasteiger partial charge in [0.15, 0.2) is 17.2 Å². The number of carbonyl (C=O) groups is 4.